The van der Waals surface area contributed by atoms with E-state index in [1.54, 1.807) is 4.90 Å². The lowest BCUT2D eigenvalue weighted by molar-refractivity contribution is -0.142. The molecule has 1 fully saturated rings. The molecule has 0 saturated heterocycles. The van der Waals surface area contributed by atoms with Crippen LogP contribution in [-0.4, -0.2) is 28.4 Å². The minimum absolute atomic E-state index is 0.106. The first-order valence-corrected chi connectivity index (χ1v) is 7.26. The van der Waals surface area contributed by atoms with Gasteiger partial charge in [0, 0.05) is 19.0 Å². The predicted molar refractivity (Wildman–Crippen MR) is 74.2 cm³/mol. The zero-order valence-corrected chi connectivity index (χ0v) is 11.4. The number of rotatable bonds is 2. The molecule has 20 heavy (non-hydrogen) atoms. The molecule has 1 aromatic rings. The second kappa shape index (κ2) is 5.27. The maximum absolute atomic E-state index is 12.5. The summed E-state index contributed by atoms with van der Waals surface area (Å²) < 4.78 is 0. The first kappa shape index (κ1) is 13.2. The van der Waals surface area contributed by atoms with Crippen LogP contribution in [0.15, 0.2) is 24.3 Å². The second-order valence-electron chi connectivity index (χ2n) is 5.79. The third-order valence-corrected chi connectivity index (χ3v) is 4.51. The summed E-state index contributed by atoms with van der Waals surface area (Å²) in [6.07, 6.45) is 4.13. The number of aliphatic carboxylic acids is 1. The van der Waals surface area contributed by atoms with Gasteiger partial charge >= 0.3 is 5.97 Å². The van der Waals surface area contributed by atoms with E-state index >= 15 is 0 Å². The van der Waals surface area contributed by atoms with E-state index in [1.807, 2.05) is 24.3 Å². The average molecular weight is 273 g/mol. The van der Waals surface area contributed by atoms with Gasteiger partial charge in [0.25, 0.3) is 0 Å². The molecule has 106 valence electrons. The van der Waals surface area contributed by atoms with Gasteiger partial charge in [-0.25, -0.2) is 0 Å². The first-order valence-electron chi connectivity index (χ1n) is 7.26. The molecule has 1 atom stereocenters. The standard InChI is InChI=1S/C16H19NO3/c18-15(11-5-1-2-6-11)17-9-12-7-3-4-8-13(12)14(10-17)16(19)20/h3-4,7-8,11,14H,1-2,5-6,9-10H2,(H,19,20). The van der Waals surface area contributed by atoms with E-state index in [4.69, 9.17) is 0 Å². The molecule has 4 nitrogen and oxygen atoms in total. The van der Waals surface area contributed by atoms with Crippen LogP contribution < -0.4 is 0 Å². The first-order chi connectivity index (χ1) is 9.66. The highest BCUT2D eigenvalue weighted by molar-refractivity contribution is 5.83. The highest BCUT2D eigenvalue weighted by Crippen LogP contribution is 2.32. The summed E-state index contributed by atoms with van der Waals surface area (Å²) in [6, 6.07) is 7.56. The monoisotopic (exact) mass is 273 g/mol. The Labute approximate surface area is 118 Å². The van der Waals surface area contributed by atoms with E-state index in [1.165, 1.54) is 0 Å². The largest absolute Gasteiger partial charge is 0.481 e. The van der Waals surface area contributed by atoms with Crippen LogP contribution in [0.5, 0.6) is 0 Å². The van der Waals surface area contributed by atoms with Gasteiger partial charge in [0.15, 0.2) is 0 Å². The predicted octanol–water partition coefficient (Wildman–Crippen LogP) is 2.39. The third kappa shape index (κ3) is 2.30. The minimum atomic E-state index is -0.846. The molecule has 1 aliphatic carbocycles. The normalized spacial score (nSPS) is 22.6. The van der Waals surface area contributed by atoms with Gasteiger partial charge in [0.1, 0.15) is 0 Å². The molecule has 4 heteroatoms. The lowest BCUT2D eigenvalue weighted by Gasteiger charge is -2.34. The quantitative estimate of drug-likeness (QED) is 0.900. The van der Waals surface area contributed by atoms with E-state index in [9.17, 15) is 14.7 Å². The molecule has 1 aliphatic heterocycles. The zero-order valence-electron chi connectivity index (χ0n) is 11.4. The fourth-order valence-electron chi connectivity index (χ4n) is 3.42. The molecule has 2 aliphatic rings. The average Bonchev–Trinajstić information content (AvgIpc) is 2.99. The van der Waals surface area contributed by atoms with Crippen LogP contribution in [0, 0.1) is 5.92 Å². The summed E-state index contributed by atoms with van der Waals surface area (Å²) in [6.45, 7) is 0.858. The van der Waals surface area contributed by atoms with Crippen LogP contribution in [0.2, 0.25) is 0 Å². The van der Waals surface area contributed by atoms with Crippen molar-refractivity contribution in [3.05, 3.63) is 35.4 Å². The smallest absolute Gasteiger partial charge is 0.312 e. The van der Waals surface area contributed by atoms with Crippen molar-refractivity contribution in [2.75, 3.05) is 6.54 Å². The molecule has 1 saturated carbocycles. The molecule has 0 bridgehead atoms. The fourth-order valence-corrected chi connectivity index (χ4v) is 3.42. The van der Waals surface area contributed by atoms with Crippen molar-refractivity contribution >= 4 is 11.9 Å². The summed E-state index contributed by atoms with van der Waals surface area (Å²) in [7, 11) is 0. The number of carbonyl (C=O) groups excluding carboxylic acids is 1. The number of hydrogen-bond donors (Lipinski definition) is 1. The Kier molecular flexibility index (Phi) is 3.47. The number of nitrogens with zero attached hydrogens (tertiary/aromatic N) is 1. The van der Waals surface area contributed by atoms with Gasteiger partial charge in [-0.15, -0.1) is 0 Å². The minimum Gasteiger partial charge on any atom is -0.481 e. The van der Waals surface area contributed by atoms with Crippen LogP contribution in [0.1, 0.15) is 42.7 Å². The fraction of sp³-hybridized carbons (Fsp3) is 0.500. The molecule has 1 heterocycles. The number of carbonyl (C=O) groups is 2. The highest BCUT2D eigenvalue weighted by atomic mass is 16.4. The summed E-state index contributed by atoms with van der Waals surface area (Å²) in [5.41, 5.74) is 1.83. The number of fused-ring (bicyclic) bond motifs is 1. The Bertz CT molecular complexity index is 534. The molecular weight excluding hydrogens is 254 g/mol. The molecule has 1 aromatic carbocycles. The van der Waals surface area contributed by atoms with Gasteiger partial charge in [-0.3, -0.25) is 9.59 Å². The molecule has 1 unspecified atom stereocenters. The summed E-state index contributed by atoms with van der Waals surface area (Å²) in [5, 5.41) is 9.41. The van der Waals surface area contributed by atoms with E-state index in [0.29, 0.717) is 13.1 Å². The molecule has 1 N–H and O–H groups in total. The molecular formula is C16H19NO3. The lowest BCUT2D eigenvalue weighted by Crippen LogP contribution is -2.42. The van der Waals surface area contributed by atoms with Crippen molar-refractivity contribution in [3.8, 4) is 0 Å². The second-order valence-corrected chi connectivity index (χ2v) is 5.79. The summed E-state index contributed by atoms with van der Waals surface area (Å²) >= 11 is 0. The van der Waals surface area contributed by atoms with E-state index in [-0.39, 0.29) is 11.8 Å². The van der Waals surface area contributed by atoms with E-state index in [0.717, 1.165) is 36.8 Å². The van der Waals surface area contributed by atoms with Crippen molar-refractivity contribution in [1.82, 2.24) is 4.90 Å². The van der Waals surface area contributed by atoms with Crippen molar-refractivity contribution in [2.45, 2.75) is 38.1 Å². The molecule has 0 spiro atoms. The topological polar surface area (TPSA) is 57.6 Å². The Balaban J connectivity index is 1.86. The van der Waals surface area contributed by atoms with Gasteiger partial charge in [0.2, 0.25) is 5.91 Å². The maximum Gasteiger partial charge on any atom is 0.312 e. The van der Waals surface area contributed by atoms with Gasteiger partial charge in [-0.1, -0.05) is 37.1 Å². The number of hydrogen-bond acceptors (Lipinski definition) is 2. The van der Waals surface area contributed by atoms with Crippen LogP contribution in [0.4, 0.5) is 0 Å². The maximum atomic E-state index is 12.5. The molecule has 1 amide bonds. The van der Waals surface area contributed by atoms with Gasteiger partial charge in [-0.2, -0.15) is 0 Å². The molecule has 0 aromatic heterocycles. The van der Waals surface area contributed by atoms with Gasteiger partial charge in [0.05, 0.1) is 5.92 Å². The molecule has 3 rings (SSSR count). The van der Waals surface area contributed by atoms with Crippen molar-refractivity contribution in [2.24, 2.45) is 5.92 Å². The Hall–Kier alpha value is -1.84. The summed E-state index contributed by atoms with van der Waals surface area (Å²) in [5.74, 6) is -1.19. The van der Waals surface area contributed by atoms with Crippen LogP contribution >= 0.6 is 0 Å². The number of carboxylic acid groups (broad SMARTS) is 1. The van der Waals surface area contributed by atoms with Crippen LogP contribution in [-0.2, 0) is 16.1 Å². The van der Waals surface area contributed by atoms with Crippen molar-refractivity contribution in [3.63, 3.8) is 0 Å². The molecule has 0 radical (unpaired) electrons. The van der Waals surface area contributed by atoms with Gasteiger partial charge in [-0.05, 0) is 24.0 Å². The van der Waals surface area contributed by atoms with Crippen LogP contribution in [0.25, 0.3) is 0 Å². The van der Waals surface area contributed by atoms with E-state index < -0.39 is 11.9 Å². The van der Waals surface area contributed by atoms with Crippen molar-refractivity contribution < 1.29 is 14.7 Å². The van der Waals surface area contributed by atoms with Crippen LogP contribution in [0.3, 0.4) is 0 Å². The SMILES string of the molecule is O=C(O)C1CN(C(=O)C2CCCC2)Cc2ccccc21. The van der Waals surface area contributed by atoms with Gasteiger partial charge < -0.3 is 10.0 Å². The van der Waals surface area contributed by atoms with E-state index in [2.05, 4.69) is 0 Å². The number of amides is 1. The number of carboxylic acids is 1. The van der Waals surface area contributed by atoms with Crippen molar-refractivity contribution in [1.29, 1.82) is 0 Å². The lowest BCUT2D eigenvalue weighted by atomic mass is 9.89. The summed E-state index contributed by atoms with van der Waals surface area (Å²) in [4.78, 5) is 25.7. The Morgan fingerprint density at radius 2 is 1.85 bits per heavy atom. The Morgan fingerprint density at radius 1 is 1.15 bits per heavy atom. The number of benzene rings is 1. The highest BCUT2D eigenvalue weighted by Gasteiger charge is 2.35. The zero-order chi connectivity index (χ0) is 14.1. The third-order valence-electron chi connectivity index (χ3n) is 4.51. The Morgan fingerprint density at radius 3 is 2.55 bits per heavy atom.